The Morgan fingerprint density at radius 2 is 2.06 bits per heavy atom. The van der Waals surface area contributed by atoms with Gasteiger partial charge in [-0.2, -0.15) is 18.4 Å². The summed E-state index contributed by atoms with van der Waals surface area (Å²) in [6.07, 6.45) is 5.08. The van der Waals surface area contributed by atoms with Crippen molar-refractivity contribution >= 4 is 12.5 Å². The van der Waals surface area contributed by atoms with Crippen LogP contribution in [0.3, 0.4) is 0 Å². The predicted molar refractivity (Wildman–Crippen MR) is 132 cm³/mol. The molecule has 9 heteroatoms. The molecule has 1 atom stereocenters. The number of Topliss-reactive ketones (excluding diaryl/α,β-unsaturated/α-hetero) is 1. The Balaban J connectivity index is 3.31. The number of likely N-dealkylation sites (N-methyl/N-ethyl adjacent to an activating group) is 1. The number of nitriles is 1. The molecule has 0 spiro atoms. The number of carbonyl (C=O) groups is 1. The first-order chi connectivity index (χ1) is 16.3. The van der Waals surface area contributed by atoms with Crippen molar-refractivity contribution in [1.82, 2.24) is 10.2 Å². The predicted octanol–water partition coefficient (Wildman–Crippen LogP) is 5.24. The van der Waals surface area contributed by atoms with Gasteiger partial charge in [-0.1, -0.05) is 25.2 Å². The second-order valence-electron chi connectivity index (χ2n) is 8.89. The number of alkyl halides is 3. The second kappa shape index (κ2) is 13.1. The Labute approximate surface area is 206 Å². The first-order valence-electron chi connectivity index (χ1n) is 11.3. The van der Waals surface area contributed by atoms with Gasteiger partial charge >= 0.3 is 6.18 Å². The lowest BCUT2D eigenvalue weighted by atomic mass is 9.83. The minimum Gasteiger partial charge on any atom is -0.469 e. The molecule has 0 aromatic carbocycles. The van der Waals surface area contributed by atoms with E-state index in [1.165, 1.54) is 6.20 Å². The molecule has 0 aromatic heterocycles. The number of halogens is 3. The van der Waals surface area contributed by atoms with Crippen molar-refractivity contribution in [1.29, 1.82) is 5.26 Å². The molecule has 192 valence electrons. The Morgan fingerprint density at radius 1 is 1.40 bits per heavy atom. The highest BCUT2D eigenvalue weighted by molar-refractivity contribution is 6.02. The van der Waals surface area contributed by atoms with Crippen molar-refractivity contribution in [3.05, 3.63) is 58.7 Å². The normalized spacial score (nSPS) is 16.7. The number of ketones is 1. The molecule has 0 saturated heterocycles. The van der Waals surface area contributed by atoms with Gasteiger partial charge in [0, 0.05) is 36.5 Å². The van der Waals surface area contributed by atoms with Gasteiger partial charge < -0.3 is 10.1 Å². The lowest BCUT2D eigenvalue weighted by Gasteiger charge is -2.32. The van der Waals surface area contributed by atoms with Crippen molar-refractivity contribution in [2.75, 3.05) is 26.7 Å². The average Bonchev–Trinajstić information content (AvgIpc) is 2.80. The van der Waals surface area contributed by atoms with Crippen LogP contribution in [-0.4, -0.2) is 56.4 Å². The molecule has 0 saturated carbocycles. The standard InChI is InChI=1S/C26H35F3N4O2/c1-8-9-10-20(11-12-31-6)22(23(34)25(4,5)16-30)15-33(7)19(3)21-13-18(2)24(32-14-21)35-17-26(27,28)29/h9-13,19,32H,6,8,14-15,17H2,1-5,7H3/b10-9+,12-11-,22-20-. The van der Waals surface area contributed by atoms with Crippen LogP contribution in [0.4, 0.5) is 13.2 Å². The molecule has 6 nitrogen and oxygen atoms in total. The number of rotatable bonds is 12. The number of aliphatic imine (C=N–C) groups is 1. The Kier molecular flexibility index (Phi) is 11.2. The van der Waals surface area contributed by atoms with Gasteiger partial charge in [0.1, 0.15) is 5.41 Å². The smallest absolute Gasteiger partial charge is 0.422 e. The third-order valence-electron chi connectivity index (χ3n) is 5.56. The fraction of sp³-hybridized carbons (Fsp3) is 0.500. The van der Waals surface area contributed by atoms with E-state index in [0.717, 1.165) is 12.0 Å². The molecule has 1 aliphatic rings. The summed E-state index contributed by atoms with van der Waals surface area (Å²) >= 11 is 0. The second-order valence-corrected chi connectivity index (χ2v) is 8.89. The van der Waals surface area contributed by atoms with Crippen molar-refractivity contribution < 1.29 is 22.7 Å². The molecule has 0 aliphatic carbocycles. The molecule has 0 radical (unpaired) electrons. The van der Waals surface area contributed by atoms with E-state index < -0.39 is 18.2 Å². The number of ether oxygens (including phenoxy) is 1. The maximum absolute atomic E-state index is 13.4. The van der Waals surface area contributed by atoms with Crippen LogP contribution < -0.4 is 5.32 Å². The van der Waals surface area contributed by atoms with Crippen LogP contribution in [0, 0.1) is 16.7 Å². The van der Waals surface area contributed by atoms with Gasteiger partial charge in [-0.25, -0.2) is 0 Å². The SMILES string of the molecule is C=N\C=C/C(/C=C/CC)=C(/CN(C)C(C)C1=CC(C)=C(OCC(F)(F)F)NC1)C(=O)C(C)(C)C#N. The highest BCUT2D eigenvalue weighted by atomic mass is 19.4. The highest BCUT2D eigenvalue weighted by Crippen LogP contribution is 2.26. The van der Waals surface area contributed by atoms with Crippen molar-refractivity contribution in [3.8, 4) is 6.07 Å². The van der Waals surface area contributed by atoms with Gasteiger partial charge in [0.05, 0.1) is 6.07 Å². The van der Waals surface area contributed by atoms with Crippen LogP contribution in [0.1, 0.15) is 41.0 Å². The molecule has 0 bridgehead atoms. The number of allylic oxidation sites excluding steroid dienone is 6. The van der Waals surface area contributed by atoms with E-state index in [9.17, 15) is 23.2 Å². The number of dihydropyridines is 1. The van der Waals surface area contributed by atoms with Crippen LogP contribution in [0.25, 0.3) is 0 Å². The molecule has 0 aromatic rings. The molecule has 1 rings (SSSR count). The fourth-order valence-electron chi connectivity index (χ4n) is 3.33. The van der Waals surface area contributed by atoms with Crippen molar-refractivity contribution in [2.24, 2.45) is 10.4 Å². The summed E-state index contributed by atoms with van der Waals surface area (Å²) in [5, 5.41) is 12.5. The minimum absolute atomic E-state index is 0.0986. The summed E-state index contributed by atoms with van der Waals surface area (Å²) in [5.74, 6) is -0.195. The molecule has 0 amide bonds. The summed E-state index contributed by atoms with van der Waals surface area (Å²) in [4.78, 5) is 19.1. The Morgan fingerprint density at radius 3 is 2.57 bits per heavy atom. The van der Waals surface area contributed by atoms with Crippen LogP contribution in [-0.2, 0) is 9.53 Å². The number of nitrogens with zero attached hydrogens (tertiary/aromatic N) is 3. The van der Waals surface area contributed by atoms with E-state index in [0.29, 0.717) is 23.3 Å². The van der Waals surface area contributed by atoms with E-state index in [2.05, 4.69) is 23.1 Å². The van der Waals surface area contributed by atoms with E-state index in [4.69, 9.17) is 4.74 Å². The van der Waals surface area contributed by atoms with Crippen LogP contribution in [0.2, 0.25) is 0 Å². The van der Waals surface area contributed by atoms with Crippen LogP contribution in [0.15, 0.2) is 63.7 Å². The molecular formula is C26H35F3N4O2. The lowest BCUT2D eigenvalue weighted by Crippen LogP contribution is -2.40. The Hall–Kier alpha value is -3.12. The Bertz CT molecular complexity index is 980. The van der Waals surface area contributed by atoms with Gasteiger partial charge in [-0.05, 0) is 65.1 Å². The molecule has 1 unspecified atom stereocenters. The summed E-state index contributed by atoms with van der Waals surface area (Å²) < 4.78 is 42.4. The van der Waals surface area contributed by atoms with Crippen molar-refractivity contribution in [3.63, 3.8) is 0 Å². The summed E-state index contributed by atoms with van der Waals surface area (Å²) in [7, 11) is 1.85. The largest absolute Gasteiger partial charge is 0.469 e. The number of hydrogen-bond acceptors (Lipinski definition) is 6. The minimum atomic E-state index is -4.42. The summed E-state index contributed by atoms with van der Waals surface area (Å²) in [5.41, 5.74) is 1.35. The van der Waals surface area contributed by atoms with Crippen LogP contribution >= 0.6 is 0 Å². The van der Waals surface area contributed by atoms with Gasteiger partial charge in [-0.3, -0.25) is 14.7 Å². The van der Waals surface area contributed by atoms with E-state index in [1.807, 2.05) is 37.9 Å². The van der Waals surface area contributed by atoms with Gasteiger partial charge in [-0.15, -0.1) is 0 Å². The molecule has 35 heavy (non-hydrogen) atoms. The lowest BCUT2D eigenvalue weighted by molar-refractivity contribution is -0.166. The van der Waals surface area contributed by atoms with Gasteiger partial charge in [0.25, 0.3) is 0 Å². The number of carbonyl (C=O) groups excluding carboxylic acids is 1. The third kappa shape index (κ3) is 9.21. The first-order valence-corrected chi connectivity index (χ1v) is 11.3. The molecular weight excluding hydrogens is 457 g/mol. The zero-order valence-electron chi connectivity index (χ0n) is 21.3. The zero-order valence-corrected chi connectivity index (χ0v) is 21.3. The van der Waals surface area contributed by atoms with Crippen LogP contribution in [0.5, 0.6) is 0 Å². The number of hydrogen-bond donors (Lipinski definition) is 1. The monoisotopic (exact) mass is 492 g/mol. The first kappa shape index (κ1) is 29.9. The topological polar surface area (TPSA) is 77.7 Å². The fourth-order valence-corrected chi connectivity index (χ4v) is 3.33. The van der Waals surface area contributed by atoms with Gasteiger partial charge in [0.15, 0.2) is 18.3 Å². The number of nitrogens with one attached hydrogen (secondary N) is 1. The average molecular weight is 493 g/mol. The zero-order chi connectivity index (χ0) is 26.8. The molecule has 1 heterocycles. The van der Waals surface area contributed by atoms with E-state index in [-0.39, 0.29) is 24.3 Å². The van der Waals surface area contributed by atoms with E-state index in [1.54, 1.807) is 32.9 Å². The maximum atomic E-state index is 13.4. The highest BCUT2D eigenvalue weighted by Gasteiger charge is 2.33. The third-order valence-corrected chi connectivity index (χ3v) is 5.56. The van der Waals surface area contributed by atoms with E-state index >= 15 is 0 Å². The molecule has 1 N–H and O–H groups in total. The summed E-state index contributed by atoms with van der Waals surface area (Å²) in [6.45, 7) is 11.4. The quantitative estimate of drug-likeness (QED) is 0.229. The molecule has 1 aliphatic heterocycles. The molecule has 0 fully saturated rings. The maximum Gasteiger partial charge on any atom is 0.422 e. The van der Waals surface area contributed by atoms with Crippen molar-refractivity contribution in [2.45, 2.75) is 53.3 Å². The summed E-state index contributed by atoms with van der Waals surface area (Å²) in [6, 6.07) is 1.92. The van der Waals surface area contributed by atoms with Gasteiger partial charge in [0.2, 0.25) is 0 Å².